The fraction of sp³-hybridized carbons (Fsp3) is 0.250. The van der Waals surface area contributed by atoms with Crippen LogP contribution in [0.1, 0.15) is 22.8 Å². The van der Waals surface area contributed by atoms with Crippen LogP contribution in [0.3, 0.4) is 0 Å². The van der Waals surface area contributed by atoms with Gasteiger partial charge in [0.2, 0.25) is 0 Å². The summed E-state index contributed by atoms with van der Waals surface area (Å²) in [4.78, 5) is 0. The van der Waals surface area contributed by atoms with Crippen molar-refractivity contribution < 1.29 is 14.2 Å². The maximum absolute atomic E-state index is 13.5. The van der Waals surface area contributed by atoms with Crippen molar-refractivity contribution in [2.24, 2.45) is 0 Å². The molecule has 110 valence electrons. The van der Waals surface area contributed by atoms with Gasteiger partial charge in [-0.05, 0) is 41.0 Å². The zero-order chi connectivity index (χ0) is 15.0. The predicted molar refractivity (Wildman–Crippen MR) is 80.7 cm³/mol. The van der Waals surface area contributed by atoms with E-state index in [0.29, 0.717) is 23.6 Å². The molecule has 0 bridgehead atoms. The van der Waals surface area contributed by atoms with E-state index in [1.807, 2.05) is 6.07 Å². The molecule has 0 amide bonds. The largest absolute Gasteiger partial charge is 0.493 e. The highest BCUT2D eigenvalue weighted by atomic mass is 35.5. The number of fused-ring (bicyclic) bond motifs is 1. The van der Waals surface area contributed by atoms with Crippen LogP contribution in [0.2, 0.25) is 10.0 Å². The first-order valence-electron chi connectivity index (χ1n) is 6.61. The molecule has 0 fully saturated rings. The number of hydrogen-bond acceptors (Lipinski definition) is 2. The monoisotopic (exact) mass is 326 g/mol. The molecule has 21 heavy (non-hydrogen) atoms. The summed E-state index contributed by atoms with van der Waals surface area (Å²) >= 11 is 11.7. The minimum atomic E-state index is -0.844. The maximum atomic E-state index is 13.5. The van der Waals surface area contributed by atoms with Crippen molar-refractivity contribution in [3.8, 4) is 5.75 Å². The van der Waals surface area contributed by atoms with Crippen LogP contribution >= 0.6 is 23.2 Å². The van der Waals surface area contributed by atoms with Crippen molar-refractivity contribution >= 4 is 23.2 Å². The van der Waals surface area contributed by atoms with E-state index in [-0.39, 0.29) is 5.02 Å². The Kier molecular flexibility index (Phi) is 4.07. The van der Waals surface area contributed by atoms with Gasteiger partial charge in [-0.1, -0.05) is 29.3 Å². The predicted octanol–water partition coefficient (Wildman–Crippen LogP) is 4.34. The van der Waals surface area contributed by atoms with Crippen LogP contribution in [0, 0.1) is 5.82 Å². The first-order valence-corrected chi connectivity index (χ1v) is 7.37. The van der Waals surface area contributed by atoms with Gasteiger partial charge in [0.1, 0.15) is 11.6 Å². The van der Waals surface area contributed by atoms with Crippen LogP contribution in [-0.4, -0.2) is 11.7 Å². The van der Waals surface area contributed by atoms with E-state index in [1.165, 1.54) is 12.1 Å². The second-order valence-corrected chi connectivity index (χ2v) is 5.89. The first-order chi connectivity index (χ1) is 10.0. The summed E-state index contributed by atoms with van der Waals surface area (Å²) < 4.78 is 19.1. The average Bonchev–Trinajstić information content (AvgIpc) is 2.90. The van der Waals surface area contributed by atoms with Crippen LogP contribution in [0.5, 0.6) is 5.75 Å². The normalized spacial score (nSPS) is 14.7. The summed E-state index contributed by atoms with van der Waals surface area (Å²) in [6.07, 6.45) is 0.280. The number of aliphatic hydroxyl groups is 1. The van der Waals surface area contributed by atoms with Crippen LogP contribution in [0.4, 0.5) is 4.39 Å². The van der Waals surface area contributed by atoms with Crippen LogP contribution in [0.25, 0.3) is 0 Å². The van der Waals surface area contributed by atoms with Crippen molar-refractivity contribution in [1.82, 2.24) is 0 Å². The Bertz CT molecular complexity index is 688. The van der Waals surface area contributed by atoms with Crippen molar-refractivity contribution in [2.45, 2.75) is 18.9 Å². The third-order valence-electron chi connectivity index (χ3n) is 3.57. The molecule has 0 radical (unpaired) electrons. The van der Waals surface area contributed by atoms with Gasteiger partial charge < -0.3 is 9.84 Å². The van der Waals surface area contributed by atoms with Gasteiger partial charge in [0, 0.05) is 17.9 Å². The van der Waals surface area contributed by atoms with E-state index >= 15 is 0 Å². The summed E-state index contributed by atoms with van der Waals surface area (Å²) in [5.41, 5.74) is 2.36. The Morgan fingerprint density at radius 2 is 2.05 bits per heavy atom. The Hall–Kier alpha value is -1.29. The lowest BCUT2D eigenvalue weighted by Crippen LogP contribution is -2.04. The lowest BCUT2D eigenvalue weighted by atomic mass is 9.98. The Morgan fingerprint density at radius 1 is 1.24 bits per heavy atom. The molecule has 1 aliphatic heterocycles. The molecule has 0 spiro atoms. The maximum Gasteiger partial charge on any atom is 0.142 e. The molecule has 0 saturated heterocycles. The zero-order valence-corrected chi connectivity index (χ0v) is 12.6. The minimum absolute atomic E-state index is 0.0398. The van der Waals surface area contributed by atoms with E-state index in [1.54, 1.807) is 12.1 Å². The van der Waals surface area contributed by atoms with E-state index < -0.39 is 11.9 Å². The molecule has 1 heterocycles. The highest BCUT2D eigenvalue weighted by Crippen LogP contribution is 2.35. The van der Waals surface area contributed by atoms with Crippen molar-refractivity contribution in [2.75, 3.05) is 6.61 Å². The first kappa shape index (κ1) is 14.6. The van der Waals surface area contributed by atoms with Gasteiger partial charge in [0.25, 0.3) is 0 Å². The Labute approximate surface area is 132 Å². The SMILES string of the molecule is OC(Cc1cc(Cl)cc2c1OCC2)c1ccc(Cl)c(F)c1. The van der Waals surface area contributed by atoms with Gasteiger partial charge in [0.05, 0.1) is 17.7 Å². The average molecular weight is 327 g/mol. The molecule has 1 aliphatic rings. The Balaban J connectivity index is 1.88. The molecule has 3 rings (SSSR count). The van der Waals surface area contributed by atoms with Crippen molar-refractivity contribution in [3.05, 3.63) is 62.9 Å². The smallest absolute Gasteiger partial charge is 0.142 e. The number of hydrogen-bond donors (Lipinski definition) is 1. The molecular formula is C16H13Cl2FO2. The quantitative estimate of drug-likeness (QED) is 0.908. The zero-order valence-electron chi connectivity index (χ0n) is 11.1. The molecule has 1 N–H and O–H groups in total. The van der Waals surface area contributed by atoms with Gasteiger partial charge >= 0.3 is 0 Å². The molecule has 5 heteroatoms. The van der Waals surface area contributed by atoms with Gasteiger partial charge in [-0.3, -0.25) is 0 Å². The summed E-state index contributed by atoms with van der Waals surface area (Å²) in [7, 11) is 0. The van der Waals surface area contributed by atoms with Crippen LogP contribution in [-0.2, 0) is 12.8 Å². The fourth-order valence-corrected chi connectivity index (χ4v) is 2.92. The minimum Gasteiger partial charge on any atom is -0.493 e. The molecule has 1 unspecified atom stereocenters. The second kappa shape index (κ2) is 5.84. The number of benzene rings is 2. The van der Waals surface area contributed by atoms with Gasteiger partial charge in [0.15, 0.2) is 0 Å². The van der Waals surface area contributed by atoms with E-state index in [2.05, 4.69) is 0 Å². The molecule has 2 aromatic rings. The van der Waals surface area contributed by atoms with Crippen LogP contribution in [0.15, 0.2) is 30.3 Å². The van der Waals surface area contributed by atoms with E-state index in [4.69, 9.17) is 27.9 Å². The number of halogens is 3. The number of aliphatic hydroxyl groups excluding tert-OH is 1. The third-order valence-corrected chi connectivity index (χ3v) is 4.09. The second-order valence-electron chi connectivity index (χ2n) is 5.05. The molecular weight excluding hydrogens is 314 g/mol. The van der Waals surface area contributed by atoms with Gasteiger partial charge in [-0.2, -0.15) is 0 Å². The molecule has 0 aliphatic carbocycles. The Morgan fingerprint density at radius 3 is 2.81 bits per heavy atom. The van der Waals surface area contributed by atoms with Gasteiger partial charge in [-0.15, -0.1) is 0 Å². The molecule has 2 aromatic carbocycles. The summed E-state index contributed by atoms with van der Waals surface area (Å²) in [5.74, 6) is 0.244. The molecule has 2 nitrogen and oxygen atoms in total. The van der Waals surface area contributed by atoms with E-state index in [9.17, 15) is 9.50 Å². The molecule has 1 atom stereocenters. The molecule has 0 saturated carbocycles. The van der Waals surface area contributed by atoms with Crippen molar-refractivity contribution in [1.29, 1.82) is 0 Å². The van der Waals surface area contributed by atoms with Gasteiger partial charge in [-0.25, -0.2) is 4.39 Å². The molecule has 0 aromatic heterocycles. The summed E-state index contributed by atoms with van der Waals surface area (Å²) in [6.45, 7) is 0.619. The summed E-state index contributed by atoms with van der Waals surface area (Å²) in [6, 6.07) is 7.96. The van der Waals surface area contributed by atoms with Crippen molar-refractivity contribution in [3.63, 3.8) is 0 Å². The topological polar surface area (TPSA) is 29.5 Å². The highest BCUT2D eigenvalue weighted by molar-refractivity contribution is 6.31. The van der Waals surface area contributed by atoms with E-state index in [0.717, 1.165) is 23.3 Å². The third kappa shape index (κ3) is 3.00. The standard InChI is InChI=1S/C16H13Cl2FO2/c17-12-5-10-3-4-21-16(10)11(6-12)8-15(20)9-1-2-13(18)14(19)7-9/h1-2,5-7,15,20H,3-4,8H2. The van der Waals surface area contributed by atoms with Crippen LogP contribution < -0.4 is 4.74 Å². The summed E-state index contributed by atoms with van der Waals surface area (Å²) in [5, 5.41) is 11.0. The highest BCUT2D eigenvalue weighted by Gasteiger charge is 2.20. The number of ether oxygens (including phenoxy) is 1. The lowest BCUT2D eigenvalue weighted by Gasteiger charge is -2.14. The lowest BCUT2D eigenvalue weighted by molar-refractivity contribution is 0.176. The fourth-order valence-electron chi connectivity index (χ4n) is 2.54. The number of rotatable bonds is 3.